The van der Waals surface area contributed by atoms with Crippen LogP contribution in [0.1, 0.15) is 51.0 Å². The van der Waals surface area contributed by atoms with E-state index in [1.54, 1.807) is 7.11 Å². The van der Waals surface area contributed by atoms with Gasteiger partial charge < -0.3 is 28.9 Å². The van der Waals surface area contributed by atoms with E-state index in [2.05, 4.69) is 21.9 Å². The highest BCUT2D eigenvalue weighted by Gasteiger charge is 2.53. The first-order valence-corrected chi connectivity index (χ1v) is 12.8. The van der Waals surface area contributed by atoms with Crippen molar-refractivity contribution in [3.8, 4) is 5.75 Å². The van der Waals surface area contributed by atoms with Gasteiger partial charge in [-0.1, -0.05) is 6.07 Å². The van der Waals surface area contributed by atoms with Gasteiger partial charge in [0.2, 0.25) is 5.91 Å². The van der Waals surface area contributed by atoms with Gasteiger partial charge in [0.15, 0.2) is 0 Å². The molecule has 1 aromatic carbocycles. The van der Waals surface area contributed by atoms with Gasteiger partial charge >= 0.3 is 6.09 Å². The number of piperidine rings is 2. The van der Waals surface area contributed by atoms with Crippen molar-refractivity contribution < 1.29 is 23.8 Å². The van der Waals surface area contributed by atoms with Crippen molar-refractivity contribution in [2.75, 3.05) is 58.0 Å². The maximum Gasteiger partial charge on any atom is 0.409 e. The summed E-state index contributed by atoms with van der Waals surface area (Å²) >= 11 is 0. The number of hydrogen-bond acceptors (Lipinski definition) is 6. The molecule has 4 aliphatic rings. The van der Waals surface area contributed by atoms with E-state index in [4.69, 9.17) is 14.2 Å². The van der Waals surface area contributed by atoms with Crippen molar-refractivity contribution in [1.82, 2.24) is 9.80 Å². The number of anilines is 1. The second kappa shape index (κ2) is 9.74. The quantitative estimate of drug-likeness (QED) is 0.672. The van der Waals surface area contributed by atoms with Gasteiger partial charge in [-0.3, -0.25) is 4.79 Å². The number of hydrogen-bond donors (Lipinski definition) is 0. The van der Waals surface area contributed by atoms with Gasteiger partial charge in [0.05, 0.1) is 24.8 Å². The van der Waals surface area contributed by atoms with Crippen LogP contribution >= 0.6 is 0 Å². The Hall–Kier alpha value is -2.32. The van der Waals surface area contributed by atoms with Crippen molar-refractivity contribution >= 4 is 17.7 Å². The summed E-state index contributed by atoms with van der Waals surface area (Å²) in [6.45, 7) is 7.00. The Morgan fingerprint density at radius 2 is 1.74 bits per heavy atom. The summed E-state index contributed by atoms with van der Waals surface area (Å²) in [6.07, 6.45) is 5.20. The Balaban J connectivity index is 1.26. The highest BCUT2D eigenvalue weighted by Crippen LogP contribution is 2.50. The molecular formula is C26H37N3O5. The largest absolute Gasteiger partial charge is 0.497 e. The van der Waals surface area contributed by atoms with E-state index in [9.17, 15) is 9.59 Å². The van der Waals surface area contributed by atoms with Crippen LogP contribution in [0.15, 0.2) is 18.2 Å². The van der Waals surface area contributed by atoms with Gasteiger partial charge in [0.25, 0.3) is 0 Å². The lowest BCUT2D eigenvalue weighted by atomic mass is 9.75. The van der Waals surface area contributed by atoms with E-state index in [0.717, 1.165) is 81.7 Å². The van der Waals surface area contributed by atoms with Crippen LogP contribution in [0.4, 0.5) is 10.5 Å². The van der Waals surface area contributed by atoms with Crippen molar-refractivity contribution in [3.05, 3.63) is 23.8 Å². The van der Waals surface area contributed by atoms with Crippen LogP contribution in [-0.2, 0) is 19.7 Å². The molecule has 0 N–H and O–H groups in total. The molecule has 0 unspecified atom stereocenters. The number of likely N-dealkylation sites (tertiary alicyclic amines) is 2. The molecule has 1 aromatic rings. The lowest BCUT2D eigenvalue weighted by molar-refractivity contribution is -0.127. The monoisotopic (exact) mass is 471 g/mol. The maximum atomic E-state index is 13.9. The molecule has 4 aliphatic heterocycles. The number of methoxy groups -OCH3 is 1. The minimum absolute atomic E-state index is 0.191. The molecule has 5 rings (SSSR count). The van der Waals surface area contributed by atoms with E-state index in [1.165, 1.54) is 0 Å². The summed E-state index contributed by atoms with van der Waals surface area (Å²) in [5, 5.41) is 0. The van der Waals surface area contributed by atoms with Crippen LogP contribution in [-0.4, -0.2) is 87.0 Å². The molecule has 0 radical (unpaired) electrons. The smallest absolute Gasteiger partial charge is 0.409 e. The number of nitrogens with zero attached hydrogens (tertiary/aromatic N) is 3. The molecule has 1 spiro atoms. The topological polar surface area (TPSA) is 71.6 Å². The van der Waals surface area contributed by atoms with Gasteiger partial charge in [-0.15, -0.1) is 0 Å². The predicted molar refractivity (Wildman–Crippen MR) is 128 cm³/mol. The highest BCUT2D eigenvalue weighted by atomic mass is 16.6. The molecule has 4 heterocycles. The fraction of sp³-hybridized carbons (Fsp3) is 0.692. The molecule has 0 aromatic heterocycles. The average molecular weight is 472 g/mol. The van der Waals surface area contributed by atoms with Gasteiger partial charge in [-0.2, -0.15) is 0 Å². The average Bonchev–Trinajstić information content (AvgIpc) is 3.11. The number of carbonyl (C=O) groups excluding carboxylic acids is 2. The van der Waals surface area contributed by atoms with Crippen LogP contribution in [0.2, 0.25) is 0 Å². The SMILES string of the molecule is CCOC(=O)N1CCC(N2CCC(N3C(=O)C4(CCOCC4)c4ccc(OC)cc43)CC2)CC1. The predicted octanol–water partition coefficient (Wildman–Crippen LogP) is 3.18. The van der Waals surface area contributed by atoms with E-state index < -0.39 is 5.41 Å². The third-order valence-corrected chi connectivity index (χ3v) is 8.33. The summed E-state index contributed by atoms with van der Waals surface area (Å²) in [5.41, 5.74) is 1.74. The fourth-order valence-corrected chi connectivity index (χ4v) is 6.40. The van der Waals surface area contributed by atoms with Gasteiger partial charge in [0, 0.05) is 57.5 Å². The second-order valence-corrected chi connectivity index (χ2v) is 9.94. The fourth-order valence-electron chi connectivity index (χ4n) is 6.40. The Bertz CT molecular complexity index is 900. The normalized spacial score (nSPS) is 23.9. The first-order valence-electron chi connectivity index (χ1n) is 12.8. The lowest BCUT2D eigenvalue weighted by Crippen LogP contribution is -2.54. The van der Waals surface area contributed by atoms with E-state index >= 15 is 0 Å². The summed E-state index contributed by atoms with van der Waals surface area (Å²) < 4.78 is 16.3. The second-order valence-electron chi connectivity index (χ2n) is 9.94. The van der Waals surface area contributed by atoms with E-state index in [1.807, 2.05) is 17.9 Å². The Kier molecular flexibility index (Phi) is 6.71. The molecule has 3 fully saturated rings. The third kappa shape index (κ3) is 4.05. The summed E-state index contributed by atoms with van der Waals surface area (Å²) in [7, 11) is 1.68. The van der Waals surface area contributed by atoms with Crippen molar-refractivity contribution in [2.24, 2.45) is 0 Å². The molecule has 34 heavy (non-hydrogen) atoms. The van der Waals surface area contributed by atoms with Gasteiger partial charge in [-0.25, -0.2) is 4.79 Å². The zero-order valence-corrected chi connectivity index (χ0v) is 20.5. The van der Waals surface area contributed by atoms with Crippen LogP contribution in [0.3, 0.4) is 0 Å². The number of ether oxygens (including phenoxy) is 3. The summed E-state index contributed by atoms with van der Waals surface area (Å²) in [4.78, 5) is 32.4. The third-order valence-electron chi connectivity index (χ3n) is 8.33. The standard InChI is InChI=1S/C26H37N3O5/c1-3-34-25(31)28-14-6-19(7-15-28)27-12-8-20(9-13-27)29-23-18-21(32-2)4-5-22(23)26(24(29)30)10-16-33-17-11-26/h4-5,18-20H,3,6-17H2,1-2H3. The number of carbonyl (C=O) groups is 2. The first kappa shape index (κ1) is 23.4. The molecule has 3 saturated heterocycles. The van der Waals surface area contributed by atoms with E-state index in [0.29, 0.717) is 25.9 Å². The lowest BCUT2D eigenvalue weighted by Gasteiger charge is -2.43. The zero-order chi connectivity index (χ0) is 23.7. The van der Waals surface area contributed by atoms with E-state index in [-0.39, 0.29) is 18.0 Å². The molecular weight excluding hydrogens is 434 g/mol. The Morgan fingerprint density at radius 1 is 1.06 bits per heavy atom. The number of benzene rings is 1. The number of fused-ring (bicyclic) bond motifs is 2. The van der Waals surface area contributed by atoms with Gasteiger partial charge in [-0.05, 0) is 57.1 Å². The van der Waals surface area contributed by atoms with Crippen molar-refractivity contribution in [1.29, 1.82) is 0 Å². The molecule has 0 atom stereocenters. The Labute approximate surface area is 202 Å². The summed E-state index contributed by atoms with van der Waals surface area (Å²) in [5.74, 6) is 1.05. The van der Waals surface area contributed by atoms with Crippen LogP contribution in [0.5, 0.6) is 5.75 Å². The summed E-state index contributed by atoms with van der Waals surface area (Å²) in [6, 6.07) is 6.84. The van der Waals surface area contributed by atoms with Gasteiger partial charge in [0.1, 0.15) is 5.75 Å². The molecule has 0 saturated carbocycles. The molecule has 0 bridgehead atoms. The maximum absolute atomic E-state index is 13.9. The van der Waals surface area contributed by atoms with Crippen LogP contribution in [0, 0.1) is 0 Å². The first-order chi connectivity index (χ1) is 16.6. The minimum Gasteiger partial charge on any atom is -0.497 e. The Morgan fingerprint density at radius 3 is 2.38 bits per heavy atom. The molecule has 8 heteroatoms. The number of rotatable bonds is 4. The number of amides is 2. The van der Waals surface area contributed by atoms with Crippen molar-refractivity contribution in [2.45, 2.75) is 62.9 Å². The zero-order valence-electron chi connectivity index (χ0n) is 20.5. The molecule has 186 valence electrons. The molecule has 2 amide bonds. The van der Waals surface area contributed by atoms with Crippen LogP contribution < -0.4 is 9.64 Å². The van der Waals surface area contributed by atoms with Crippen molar-refractivity contribution in [3.63, 3.8) is 0 Å². The minimum atomic E-state index is -0.448. The highest BCUT2D eigenvalue weighted by molar-refractivity contribution is 6.09. The molecule has 8 nitrogen and oxygen atoms in total. The molecule has 0 aliphatic carbocycles. The van der Waals surface area contributed by atoms with Crippen LogP contribution in [0.25, 0.3) is 0 Å².